The lowest BCUT2D eigenvalue weighted by Gasteiger charge is -2.44. The third-order valence-electron chi connectivity index (χ3n) is 5.63. The maximum Gasteiger partial charge on any atom is 0.0666 e. The van der Waals surface area contributed by atoms with E-state index >= 15 is 0 Å². The van der Waals surface area contributed by atoms with Gasteiger partial charge in [0, 0.05) is 30.3 Å². The molecule has 0 N–H and O–H groups in total. The summed E-state index contributed by atoms with van der Waals surface area (Å²) < 4.78 is 0. The van der Waals surface area contributed by atoms with Crippen LogP contribution in [0.1, 0.15) is 55.3 Å². The van der Waals surface area contributed by atoms with Crippen molar-refractivity contribution in [1.29, 1.82) is 0 Å². The van der Waals surface area contributed by atoms with E-state index in [4.69, 9.17) is 4.98 Å². The first-order chi connectivity index (χ1) is 11.1. The Hall–Kier alpha value is -1.83. The quantitative estimate of drug-likeness (QED) is 0.717. The Bertz CT molecular complexity index is 735. The van der Waals surface area contributed by atoms with Crippen LogP contribution >= 0.6 is 0 Å². The van der Waals surface area contributed by atoms with Crippen LogP contribution in [0, 0.1) is 13.8 Å². The number of anilines is 1. The molecule has 2 aliphatic rings. The van der Waals surface area contributed by atoms with Gasteiger partial charge in [0.25, 0.3) is 0 Å². The van der Waals surface area contributed by atoms with Gasteiger partial charge in [-0.05, 0) is 56.7 Å². The molecule has 0 spiro atoms. The van der Waals surface area contributed by atoms with Crippen molar-refractivity contribution in [3.8, 4) is 11.1 Å². The van der Waals surface area contributed by atoms with E-state index in [1.54, 1.807) is 0 Å². The van der Waals surface area contributed by atoms with Crippen molar-refractivity contribution in [2.24, 2.45) is 0 Å². The SMILES string of the molecule is Cc1ccc(C)c(-c2cnc3c(c2)N2CCCCC2CC3C)c1. The Morgan fingerprint density at radius 2 is 2.00 bits per heavy atom. The molecule has 1 aromatic heterocycles. The largest absolute Gasteiger partial charge is 0.367 e. The highest BCUT2D eigenvalue weighted by molar-refractivity contribution is 5.72. The molecule has 0 bridgehead atoms. The fourth-order valence-electron chi connectivity index (χ4n) is 4.35. The zero-order chi connectivity index (χ0) is 16.0. The Labute approximate surface area is 139 Å². The van der Waals surface area contributed by atoms with E-state index in [0.717, 1.165) is 6.04 Å². The van der Waals surface area contributed by atoms with E-state index in [9.17, 15) is 0 Å². The average Bonchev–Trinajstić information content (AvgIpc) is 2.57. The van der Waals surface area contributed by atoms with Crippen molar-refractivity contribution in [1.82, 2.24) is 4.98 Å². The maximum absolute atomic E-state index is 4.90. The molecule has 2 atom stereocenters. The number of aryl methyl sites for hydroxylation is 2. The molecule has 1 fully saturated rings. The van der Waals surface area contributed by atoms with Crippen LogP contribution in [0.4, 0.5) is 5.69 Å². The summed E-state index contributed by atoms with van der Waals surface area (Å²) in [6.07, 6.45) is 7.40. The molecule has 1 aromatic carbocycles. The van der Waals surface area contributed by atoms with Gasteiger partial charge in [-0.2, -0.15) is 0 Å². The molecule has 0 amide bonds. The predicted molar refractivity (Wildman–Crippen MR) is 97.2 cm³/mol. The summed E-state index contributed by atoms with van der Waals surface area (Å²) in [5.41, 5.74) is 7.93. The number of piperidine rings is 1. The van der Waals surface area contributed by atoms with Crippen LogP contribution in [0.2, 0.25) is 0 Å². The van der Waals surface area contributed by atoms with Crippen molar-refractivity contribution in [3.63, 3.8) is 0 Å². The predicted octanol–water partition coefficient (Wildman–Crippen LogP) is 5.23. The molecule has 2 aromatic rings. The summed E-state index contributed by atoms with van der Waals surface area (Å²) in [6, 6.07) is 9.82. The first-order valence-electron chi connectivity index (χ1n) is 8.97. The molecule has 0 saturated carbocycles. The van der Waals surface area contributed by atoms with Gasteiger partial charge in [-0.25, -0.2) is 0 Å². The molecular weight excluding hydrogens is 280 g/mol. The van der Waals surface area contributed by atoms with Gasteiger partial charge in [0.2, 0.25) is 0 Å². The molecule has 2 unspecified atom stereocenters. The van der Waals surface area contributed by atoms with Gasteiger partial charge in [-0.3, -0.25) is 4.98 Å². The van der Waals surface area contributed by atoms with Crippen molar-refractivity contribution < 1.29 is 0 Å². The second-order valence-electron chi connectivity index (χ2n) is 7.43. The van der Waals surface area contributed by atoms with Gasteiger partial charge in [-0.1, -0.05) is 30.7 Å². The summed E-state index contributed by atoms with van der Waals surface area (Å²) in [6.45, 7) is 7.90. The van der Waals surface area contributed by atoms with Crippen molar-refractivity contribution in [2.75, 3.05) is 11.4 Å². The fraction of sp³-hybridized carbons (Fsp3) is 0.476. The molecule has 2 heteroatoms. The number of fused-ring (bicyclic) bond motifs is 3. The molecule has 120 valence electrons. The average molecular weight is 306 g/mol. The Morgan fingerprint density at radius 3 is 2.87 bits per heavy atom. The molecule has 2 nitrogen and oxygen atoms in total. The minimum Gasteiger partial charge on any atom is -0.367 e. The molecule has 2 aliphatic heterocycles. The van der Waals surface area contributed by atoms with Gasteiger partial charge >= 0.3 is 0 Å². The van der Waals surface area contributed by atoms with E-state index in [-0.39, 0.29) is 0 Å². The van der Waals surface area contributed by atoms with E-state index < -0.39 is 0 Å². The van der Waals surface area contributed by atoms with Crippen molar-refractivity contribution in [2.45, 2.75) is 58.4 Å². The molecule has 4 rings (SSSR count). The lowest BCUT2D eigenvalue weighted by molar-refractivity contribution is 0.395. The first kappa shape index (κ1) is 14.7. The van der Waals surface area contributed by atoms with Crippen LogP contribution in [-0.4, -0.2) is 17.6 Å². The van der Waals surface area contributed by atoms with Crippen LogP contribution in [0.25, 0.3) is 11.1 Å². The zero-order valence-corrected chi connectivity index (χ0v) is 14.5. The van der Waals surface area contributed by atoms with Crippen LogP contribution in [0.15, 0.2) is 30.5 Å². The van der Waals surface area contributed by atoms with Gasteiger partial charge in [0.05, 0.1) is 11.4 Å². The molecular formula is C21H26N2. The number of benzene rings is 1. The molecule has 23 heavy (non-hydrogen) atoms. The third kappa shape index (κ3) is 2.54. The highest BCUT2D eigenvalue weighted by Crippen LogP contribution is 2.42. The van der Waals surface area contributed by atoms with E-state index in [1.807, 2.05) is 0 Å². The highest BCUT2D eigenvalue weighted by Gasteiger charge is 2.33. The number of rotatable bonds is 1. The number of nitrogens with zero attached hydrogens (tertiary/aromatic N) is 2. The van der Waals surface area contributed by atoms with E-state index in [0.29, 0.717) is 5.92 Å². The minimum atomic E-state index is 0.581. The van der Waals surface area contributed by atoms with E-state index in [1.165, 1.54) is 65.9 Å². The maximum atomic E-state index is 4.90. The monoisotopic (exact) mass is 306 g/mol. The van der Waals surface area contributed by atoms with Crippen LogP contribution in [-0.2, 0) is 0 Å². The van der Waals surface area contributed by atoms with Crippen LogP contribution in [0.5, 0.6) is 0 Å². The standard InChI is InChI=1S/C21H26N2/c1-14-7-8-15(2)19(10-14)17-12-20-21(22-13-17)16(3)11-18-6-4-5-9-23(18)20/h7-8,10,12-13,16,18H,4-6,9,11H2,1-3H3. The summed E-state index contributed by atoms with van der Waals surface area (Å²) in [5.74, 6) is 0.581. The normalized spacial score (nSPS) is 23.3. The van der Waals surface area contributed by atoms with Crippen molar-refractivity contribution in [3.05, 3.63) is 47.3 Å². The highest BCUT2D eigenvalue weighted by atomic mass is 15.2. The Morgan fingerprint density at radius 1 is 1.13 bits per heavy atom. The second-order valence-corrected chi connectivity index (χ2v) is 7.43. The molecule has 3 heterocycles. The lowest BCUT2D eigenvalue weighted by atomic mass is 9.85. The van der Waals surface area contributed by atoms with Gasteiger partial charge in [0.1, 0.15) is 0 Å². The van der Waals surface area contributed by atoms with Gasteiger partial charge in [-0.15, -0.1) is 0 Å². The Kier molecular flexibility index (Phi) is 3.63. The topological polar surface area (TPSA) is 16.1 Å². The second kappa shape index (κ2) is 5.67. The summed E-state index contributed by atoms with van der Waals surface area (Å²) in [5, 5.41) is 0. The molecule has 0 radical (unpaired) electrons. The third-order valence-corrected chi connectivity index (χ3v) is 5.63. The van der Waals surface area contributed by atoms with Crippen LogP contribution < -0.4 is 4.90 Å². The number of hydrogen-bond acceptors (Lipinski definition) is 2. The molecule has 0 aliphatic carbocycles. The Balaban J connectivity index is 1.82. The van der Waals surface area contributed by atoms with Gasteiger partial charge < -0.3 is 4.90 Å². The number of aromatic nitrogens is 1. The molecule has 1 saturated heterocycles. The van der Waals surface area contributed by atoms with Crippen molar-refractivity contribution >= 4 is 5.69 Å². The zero-order valence-electron chi connectivity index (χ0n) is 14.5. The number of pyridine rings is 1. The minimum absolute atomic E-state index is 0.581. The van der Waals surface area contributed by atoms with E-state index in [2.05, 4.69) is 56.1 Å². The summed E-state index contributed by atoms with van der Waals surface area (Å²) in [7, 11) is 0. The first-order valence-corrected chi connectivity index (χ1v) is 8.97. The number of hydrogen-bond donors (Lipinski definition) is 0. The fourth-order valence-corrected chi connectivity index (χ4v) is 4.35. The summed E-state index contributed by atoms with van der Waals surface area (Å²) in [4.78, 5) is 7.54. The van der Waals surface area contributed by atoms with Gasteiger partial charge in [0.15, 0.2) is 0 Å². The van der Waals surface area contributed by atoms with Crippen LogP contribution in [0.3, 0.4) is 0 Å². The lowest BCUT2D eigenvalue weighted by Crippen LogP contribution is -2.43. The smallest absolute Gasteiger partial charge is 0.0666 e. The summed E-state index contributed by atoms with van der Waals surface area (Å²) >= 11 is 0.